The number of nitrogens with one attached hydrogen (secondary N) is 2. The Morgan fingerprint density at radius 2 is 2.05 bits per heavy atom. The molecule has 1 aromatic carbocycles. The summed E-state index contributed by atoms with van der Waals surface area (Å²) in [6.45, 7) is 1.18. The van der Waals surface area contributed by atoms with Gasteiger partial charge >= 0.3 is 12.0 Å². The number of carbonyl (C=O) groups excluding carboxylic acids is 1. The van der Waals surface area contributed by atoms with Crippen LogP contribution in [0.3, 0.4) is 0 Å². The fourth-order valence-electron chi connectivity index (χ4n) is 1.57. The number of aliphatic hydroxyl groups excluding tert-OH is 1. The van der Waals surface area contributed by atoms with Crippen LogP contribution in [0.15, 0.2) is 18.2 Å². The van der Waals surface area contributed by atoms with E-state index in [9.17, 15) is 19.7 Å². The van der Waals surface area contributed by atoms with E-state index < -0.39 is 29.6 Å². The first-order valence-electron chi connectivity index (χ1n) is 5.98. The second kappa shape index (κ2) is 7.20. The van der Waals surface area contributed by atoms with Crippen LogP contribution >= 0.6 is 0 Å². The maximum atomic E-state index is 11.4. The first-order chi connectivity index (χ1) is 9.82. The summed E-state index contributed by atoms with van der Waals surface area (Å²) < 4.78 is 0. The van der Waals surface area contributed by atoms with Crippen LogP contribution in [0, 0.1) is 17.0 Å². The molecule has 2 amide bonds. The zero-order valence-corrected chi connectivity index (χ0v) is 11.2. The molecule has 9 heteroatoms. The summed E-state index contributed by atoms with van der Waals surface area (Å²) >= 11 is 0. The number of amides is 2. The van der Waals surface area contributed by atoms with Crippen molar-refractivity contribution in [3.8, 4) is 0 Å². The molecular weight excluding hydrogens is 282 g/mol. The molecule has 0 aliphatic heterocycles. The number of aliphatic hydroxyl groups is 1. The van der Waals surface area contributed by atoms with Gasteiger partial charge in [-0.3, -0.25) is 10.1 Å². The highest BCUT2D eigenvalue weighted by atomic mass is 16.6. The fraction of sp³-hybridized carbons (Fsp3) is 0.333. The minimum absolute atomic E-state index is 0.0442. The minimum atomic E-state index is -1.68. The second-order valence-electron chi connectivity index (χ2n) is 4.24. The van der Waals surface area contributed by atoms with Gasteiger partial charge in [-0.05, 0) is 12.5 Å². The number of nitro benzene ring substituents is 1. The van der Waals surface area contributed by atoms with Crippen molar-refractivity contribution in [3.05, 3.63) is 39.4 Å². The molecule has 1 aromatic rings. The predicted molar refractivity (Wildman–Crippen MR) is 71.7 cm³/mol. The van der Waals surface area contributed by atoms with Crippen LogP contribution in [-0.4, -0.2) is 39.8 Å². The molecule has 0 heterocycles. The first-order valence-corrected chi connectivity index (χ1v) is 5.98. The van der Waals surface area contributed by atoms with Gasteiger partial charge in [-0.15, -0.1) is 0 Å². The Kier molecular flexibility index (Phi) is 5.61. The highest BCUT2D eigenvalue weighted by Crippen LogP contribution is 2.20. The van der Waals surface area contributed by atoms with Gasteiger partial charge in [-0.25, -0.2) is 9.59 Å². The van der Waals surface area contributed by atoms with Crippen molar-refractivity contribution in [3.63, 3.8) is 0 Å². The van der Waals surface area contributed by atoms with Crippen LogP contribution < -0.4 is 10.6 Å². The lowest BCUT2D eigenvalue weighted by Gasteiger charge is -2.10. The number of nitro groups is 1. The zero-order valence-electron chi connectivity index (χ0n) is 11.2. The molecule has 0 fully saturated rings. The van der Waals surface area contributed by atoms with Crippen molar-refractivity contribution in [2.45, 2.75) is 19.6 Å². The van der Waals surface area contributed by atoms with E-state index >= 15 is 0 Å². The molecule has 21 heavy (non-hydrogen) atoms. The number of aliphatic carboxylic acids is 1. The summed E-state index contributed by atoms with van der Waals surface area (Å²) in [5, 5.41) is 32.8. The van der Waals surface area contributed by atoms with Crippen molar-refractivity contribution < 1.29 is 24.7 Å². The Hall–Kier alpha value is -2.68. The third-order valence-corrected chi connectivity index (χ3v) is 2.79. The Bertz CT molecular complexity index is 560. The second-order valence-corrected chi connectivity index (χ2v) is 4.24. The lowest BCUT2D eigenvalue weighted by molar-refractivity contribution is -0.385. The van der Waals surface area contributed by atoms with Crippen LogP contribution in [0.5, 0.6) is 0 Å². The number of benzene rings is 1. The molecule has 0 radical (unpaired) electrons. The molecule has 0 spiro atoms. The highest BCUT2D eigenvalue weighted by Gasteiger charge is 2.15. The Labute approximate surface area is 119 Å². The van der Waals surface area contributed by atoms with Crippen LogP contribution in [0.4, 0.5) is 10.5 Å². The normalized spacial score (nSPS) is 11.5. The molecule has 9 nitrogen and oxygen atoms in total. The smallest absolute Gasteiger partial charge is 0.334 e. The summed E-state index contributed by atoms with van der Waals surface area (Å²) in [6.07, 6.45) is -1.68. The van der Waals surface area contributed by atoms with Crippen molar-refractivity contribution in [2.24, 2.45) is 0 Å². The van der Waals surface area contributed by atoms with E-state index in [0.717, 1.165) is 0 Å². The average molecular weight is 297 g/mol. The molecule has 1 rings (SSSR count). The molecule has 0 aliphatic rings. The number of nitrogens with zero attached hydrogens (tertiary/aromatic N) is 1. The summed E-state index contributed by atoms with van der Waals surface area (Å²) in [6, 6.07) is 3.83. The summed E-state index contributed by atoms with van der Waals surface area (Å²) in [5.41, 5.74) is 0.961. The Balaban J connectivity index is 2.56. The monoisotopic (exact) mass is 297 g/mol. The van der Waals surface area contributed by atoms with Crippen LogP contribution in [0.2, 0.25) is 0 Å². The standard InChI is InChI=1S/C12H15N3O6/c1-7-8(3-2-4-9(7)15(20)21)5-13-12(19)14-6-10(16)11(17)18/h2-4,10,16H,5-6H2,1H3,(H,17,18)(H2,13,14,19). The van der Waals surface area contributed by atoms with Gasteiger partial charge in [0.05, 0.1) is 11.5 Å². The molecule has 0 aromatic heterocycles. The molecule has 114 valence electrons. The van der Waals surface area contributed by atoms with Crippen molar-refractivity contribution in [1.82, 2.24) is 10.6 Å². The number of urea groups is 1. The zero-order chi connectivity index (χ0) is 16.0. The van der Waals surface area contributed by atoms with Gasteiger partial charge in [0, 0.05) is 18.2 Å². The third kappa shape index (κ3) is 4.73. The largest absolute Gasteiger partial charge is 0.479 e. The highest BCUT2D eigenvalue weighted by molar-refractivity contribution is 5.76. The summed E-state index contributed by atoms with van der Waals surface area (Å²) in [4.78, 5) is 32.0. The van der Waals surface area contributed by atoms with Crippen molar-refractivity contribution in [1.29, 1.82) is 0 Å². The Morgan fingerprint density at radius 1 is 1.38 bits per heavy atom. The maximum Gasteiger partial charge on any atom is 0.334 e. The Morgan fingerprint density at radius 3 is 2.62 bits per heavy atom. The van der Waals surface area contributed by atoms with Crippen LogP contribution in [0.1, 0.15) is 11.1 Å². The number of carbonyl (C=O) groups is 2. The van der Waals surface area contributed by atoms with E-state index in [1.54, 1.807) is 13.0 Å². The third-order valence-electron chi connectivity index (χ3n) is 2.79. The van der Waals surface area contributed by atoms with Crippen molar-refractivity contribution in [2.75, 3.05) is 6.54 Å². The molecule has 0 saturated heterocycles. The number of hydrogen-bond acceptors (Lipinski definition) is 5. The lowest BCUT2D eigenvalue weighted by atomic mass is 10.1. The molecule has 1 atom stereocenters. The van der Waals surface area contributed by atoms with E-state index in [1.165, 1.54) is 12.1 Å². The quantitative estimate of drug-likeness (QED) is 0.435. The first kappa shape index (κ1) is 16.4. The lowest BCUT2D eigenvalue weighted by Crippen LogP contribution is -2.41. The van der Waals surface area contributed by atoms with Gasteiger partial charge in [0.25, 0.3) is 5.69 Å². The molecule has 0 aliphatic carbocycles. The topological polar surface area (TPSA) is 142 Å². The summed E-state index contributed by atoms with van der Waals surface area (Å²) in [5.74, 6) is -1.44. The number of rotatable bonds is 6. The molecule has 0 bridgehead atoms. The van der Waals surface area contributed by atoms with E-state index in [4.69, 9.17) is 10.2 Å². The van der Waals surface area contributed by atoms with E-state index in [0.29, 0.717) is 11.1 Å². The number of carboxylic acids is 1. The van der Waals surface area contributed by atoms with Gasteiger partial charge < -0.3 is 20.8 Å². The van der Waals surface area contributed by atoms with Gasteiger partial charge in [0.1, 0.15) is 0 Å². The van der Waals surface area contributed by atoms with Crippen LogP contribution in [-0.2, 0) is 11.3 Å². The average Bonchev–Trinajstić information content (AvgIpc) is 2.43. The van der Waals surface area contributed by atoms with E-state index in [2.05, 4.69) is 10.6 Å². The van der Waals surface area contributed by atoms with Gasteiger partial charge in [0.15, 0.2) is 6.10 Å². The van der Waals surface area contributed by atoms with E-state index in [1.807, 2.05) is 0 Å². The molecule has 4 N–H and O–H groups in total. The van der Waals surface area contributed by atoms with Crippen molar-refractivity contribution >= 4 is 17.7 Å². The predicted octanol–water partition coefficient (Wildman–Crippen LogP) is 0.148. The summed E-state index contributed by atoms with van der Waals surface area (Å²) in [7, 11) is 0. The SMILES string of the molecule is Cc1c(CNC(=O)NCC(O)C(=O)O)cccc1[N+](=O)[O-]. The number of carboxylic acid groups (broad SMARTS) is 1. The van der Waals surface area contributed by atoms with Gasteiger partial charge in [-0.1, -0.05) is 12.1 Å². The fourth-order valence-corrected chi connectivity index (χ4v) is 1.57. The molecule has 1 unspecified atom stereocenters. The maximum absolute atomic E-state index is 11.4. The van der Waals surface area contributed by atoms with E-state index in [-0.39, 0.29) is 12.2 Å². The molecular formula is C12H15N3O6. The van der Waals surface area contributed by atoms with Gasteiger partial charge in [0.2, 0.25) is 0 Å². The molecule has 0 saturated carbocycles. The van der Waals surface area contributed by atoms with Gasteiger partial charge in [-0.2, -0.15) is 0 Å². The minimum Gasteiger partial charge on any atom is -0.479 e. The van der Waals surface area contributed by atoms with Crippen LogP contribution in [0.25, 0.3) is 0 Å². The number of hydrogen-bond donors (Lipinski definition) is 4.